The Hall–Kier alpha value is -2.56. The van der Waals surface area contributed by atoms with Gasteiger partial charge in [0.25, 0.3) is 0 Å². The molecule has 0 saturated carbocycles. The average molecular weight is 298 g/mol. The van der Waals surface area contributed by atoms with E-state index in [1.165, 1.54) is 13.2 Å². The topological polar surface area (TPSA) is 44.9 Å². The first-order valence-corrected chi connectivity index (χ1v) is 5.84. The third-order valence-corrected chi connectivity index (χ3v) is 2.87. The van der Waals surface area contributed by atoms with E-state index < -0.39 is 23.9 Å². The third kappa shape index (κ3) is 2.97. The van der Waals surface area contributed by atoms with Crippen molar-refractivity contribution in [2.24, 2.45) is 0 Å². The maximum atomic E-state index is 13.8. The van der Waals surface area contributed by atoms with E-state index in [0.717, 1.165) is 23.2 Å². The highest BCUT2D eigenvalue weighted by Gasteiger charge is 2.19. The van der Waals surface area contributed by atoms with Crippen LogP contribution in [0.1, 0.15) is 17.9 Å². The molecule has 0 aliphatic rings. The molecule has 1 aromatic heterocycles. The maximum Gasteiger partial charge on any atom is 0.319 e. The molecule has 0 radical (unpaired) electrons. The van der Waals surface area contributed by atoms with Gasteiger partial charge in [-0.1, -0.05) is 0 Å². The molecule has 0 N–H and O–H groups in total. The van der Waals surface area contributed by atoms with Crippen molar-refractivity contribution in [2.45, 2.75) is 13.1 Å². The molecular formula is C13H10F4N4. The van der Waals surface area contributed by atoms with Crippen LogP contribution < -0.4 is 4.90 Å². The van der Waals surface area contributed by atoms with Crippen molar-refractivity contribution in [3.05, 3.63) is 47.5 Å². The highest BCUT2D eigenvalue weighted by atomic mass is 19.3. The van der Waals surface area contributed by atoms with Gasteiger partial charge in [-0.2, -0.15) is 14.0 Å². The van der Waals surface area contributed by atoms with Crippen molar-refractivity contribution in [1.29, 1.82) is 5.26 Å². The van der Waals surface area contributed by atoms with Crippen LogP contribution in [0.3, 0.4) is 0 Å². The molecule has 4 nitrogen and oxygen atoms in total. The summed E-state index contributed by atoms with van der Waals surface area (Å²) in [5.74, 6) is -1.91. The quantitative estimate of drug-likeness (QED) is 0.815. The highest BCUT2D eigenvalue weighted by Crippen LogP contribution is 2.25. The van der Waals surface area contributed by atoms with Gasteiger partial charge >= 0.3 is 6.55 Å². The van der Waals surface area contributed by atoms with Gasteiger partial charge in [0.2, 0.25) is 0 Å². The fraction of sp³-hybridized carbons (Fsp3) is 0.231. The summed E-state index contributed by atoms with van der Waals surface area (Å²) in [5.41, 5.74) is -0.561. The van der Waals surface area contributed by atoms with E-state index in [9.17, 15) is 17.6 Å². The molecule has 0 spiro atoms. The van der Waals surface area contributed by atoms with Crippen LogP contribution in [0.15, 0.2) is 24.5 Å². The molecule has 0 unspecified atom stereocenters. The van der Waals surface area contributed by atoms with Crippen LogP contribution in [0.25, 0.3) is 0 Å². The number of anilines is 1. The lowest BCUT2D eigenvalue weighted by molar-refractivity contribution is 0.0670. The number of benzene rings is 1. The van der Waals surface area contributed by atoms with Gasteiger partial charge in [0.05, 0.1) is 18.2 Å². The average Bonchev–Trinajstić information content (AvgIpc) is 2.85. The number of aromatic nitrogens is 2. The molecule has 21 heavy (non-hydrogen) atoms. The van der Waals surface area contributed by atoms with Crippen LogP contribution in [0.2, 0.25) is 0 Å². The van der Waals surface area contributed by atoms with Gasteiger partial charge in [0.15, 0.2) is 11.6 Å². The number of rotatable bonds is 4. The molecule has 2 aromatic rings. The minimum Gasteiger partial charge on any atom is -0.362 e. The fourth-order valence-corrected chi connectivity index (χ4v) is 1.93. The Morgan fingerprint density at radius 2 is 1.95 bits per heavy atom. The summed E-state index contributed by atoms with van der Waals surface area (Å²) in [7, 11) is 1.35. The molecule has 0 atom stereocenters. The number of hydrogen-bond acceptors (Lipinski definition) is 3. The van der Waals surface area contributed by atoms with E-state index >= 15 is 0 Å². The maximum absolute atomic E-state index is 13.8. The molecule has 0 fully saturated rings. The molecular weight excluding hydrogens is 288 g/mol. The lowest BCUT2D eigenvalue weighted by Gasteiger charge is -2.20. The third-order valence-electron chi connectivity index (χ3n) is 2.87. The molecule has 0 amide bonds. The molecule has 0 bridgehead atoms. The van der Waals surface area contributed by atoms with Crippen LogP contribution in [-0.4, -0.2) is 16.6 Å². The lowest BCUT2D eigenvalue weighted by Crippen LogP contribution is -2.22. The smallest absolute Gasteiger partial charge is 0.319 e. The van der Waals surface area contributed by atoms with E-state index in [1.54, 1.807) is 6.07 Å². The number of imidazole rings is 1. The number of halogens is 4. The number of nitrogens with zero attached hydrogens (tertiary/aromatic N) is 4. The highest BCUT2D eigenvalue weighted by molar-refractivity contribution is 5.52. The molecule has 1 heterocycles. The Morgan fingerprint density at radius 1 is 1.33 bits per heavy atom. The summed E-state index contributed by atoms with van der Waals surface area (Å²) in [6.45, 7) is -3.00. The van der Waals surface area contributed by atoms with E-state index in [-0.39, 0.29) is 17.9 Å². The van der Waals surface area contributed by atoms with Crippen LogP contribution in [0, 0.1) is 23.0 Å². The minimum atomic E-state index is -2.79. The largest absolute Gasteiger partial charge is 0.362 e. The van der Waals surface area contributed by atoms with Gasteiger partial charge in [-0.15, -0.1) is 0 Å². The standard InChI is InChI=1S/C13H10F4N4/c1-20(7-11-19-2-3-21(11)13(16)17)12-9(14)4-8(6-18)5-10(12)15/h2-5,13H,7H2,1H3. The van der Waals surface area contributed by atoms with Crippen molar-refractivity contribution < 1.29 is 17.6 Å². The van der Waals surface area contributed by atoms with Gasteiger partial charge < -0.3 is 4.90 Å². The predicted molar refractivity (Wildman–Crippen MR) is 66.7 cm³/mol. The second-order valence-electron chi connectivity index (χ2n) is 4.28. The van der Waals surface area contributed by atoms with Crippen molar-refractivity contribution in [3.8, 4) is 6.07 Å². The van der Waals surface area contributed by atoms with Crippen molar-refractivity contribution in [2.75, 3.05) is 11.9 Å². The second-order valence-corrected chi connectivity index (χ2v) is 4.28. The lowest BCUT2D eigenvalue weighted by atomic mass is 10.2. The van der Waals surface area contributed by atoms with Crippen LogP contribution in [0.5, 0.6) is 0 Å². The Balaban J connectivity index is 2.31. The molecule has 0 saturated heterocycles. The number of alkyl halides is 2. The van der Waals surface area contributed by atoms with Crippen molar-refractivity contribution in [3.63, 3.8) is 0 Å². The number of nitriles is 1. The van der Waals surface area contributed by atoms with Crippen LogP contribution >= 0.6 is 0 Å². The summed E-state index contributed by atoms with van der Waals surface area (Å²) in [6.07, 6.45) is 2.26. The number of hydrogen-bond donors (Lipinski definition) is 0. The summed E-state index contributed by atoms with van der Waals surface area (Å²) in [4.78, 5) is 4.86. The zero-order valence-electron chi connectivity index (χ0n) is 10.9. The van der Waals surface area contributed by atoms with Crippen molar-refractivity contribution >= 4 is 5.69 Å². The summed E-state index contributed by atoms with van der Waals surface area (Å²) < 4.78 is 53.6. The Kier molecular flexibility index (Phi) is 4.12. The van der Waals surface area contributed by atoms with Crippen LogP contribution in [-0.2, 0) is 6.54 Å². The Labute approximate surface area is 117 Å². The van der Waals surface area contributed by atoms with Gasteiger partial charge in [-0.3, -0.25) is 4.57 Å². The second kappa shape index (κ2) is 5.83. The first-order valence-electron chi connectivity index (χ1n) is 5.84. The summed E-state index contributed by atoms with van der Waals surface area (Å²) in [6, 6.07) is 3.40. The van der Waals surface area contributed by atoms with Gasteiger partial charge in [0, 0.05) is 19.4 Å². The van der Waals surface area contributed by atoms with E-state index in [2.05, 4.69) is 4.98 Å². The predicted octanol–water partition coefficient (Wildman–Crippen LogP) is 3.06. The normalized spacial score (nSPS) is 10.7. The van der Waals surface area contributed by atoms with Gasteiger partial charge in [0.1, 0.15) is 11.5 Å². The Bertz CT molecular complexity index is 667. The van der Waals surface area contributed by atoms with E-state index in [0.29, 0.717) is 4.57 Å². The van der Waals surface area contributed by atoms with Crippen molar-refractivity contribution in [1.82, 2.24) is 9.55 Å². The first kappa shape index (κ1) is 14.8. The summed E-state index contributed by atoms with van der Waals surface area (Å²) in [5, 5.41) is 8.63. The molecule has 110 valence electrons. The molecule has 0 aliphatic heterocycles. The minimum absolute atomic E-state index is 0.0318. The van der Waals surface area contributed by atoms with Gasteiger partial charge in [-0.25, -0.2) is 13.8 Å². The monoisotopic (exact) mass is 298 g/mol. The molecule has 1 aromatic carbocycles. The SMILES string of the molecule is CN(Cc1nccn1C(F)F)c1c(F)cc(C#N)cc1F. The van der Waals surface area contributed by atoms with E-state index in [1.807, 2.05) is 0 Å². The zero-order valence-corrected chi connectivity index (χ0v) is 10.9. The van der Waals surface area contributed by atoms with Gasteiger partial charge in [-0.05, 0) is 12.1 Å². The molecule has 8 heteroatoms. The first-order chi connectivity index (χ1) is 9.93. The van der Waals surface area contributed by atoms with E-state index in [4.69, 9.17) is 5.26 Å². The fourth-order valence-electron chi connectivity index (χ4n) is 1.93. The molecule has 0 aliphatic carbocycles. The van der Waals surface area contributed by atoms with Crippen LogP contribution in [0.4, 0.5) is 23.2 Å². The summed E-state index contributed by atoms with van der Waals surface area (Å²) >= 11 is 0. The zero-order chi connectivity index (χ0) is 15.6. The molecule has 2 rings (SSSR count). The Morgan fingerprint density at radius 3 is 2.48 bits per heavy atom.